The molecule has 0 radical (unpaired) electrons. The molecule has 0 spiro atoms. The van der Waals surface area contributed by atoms with E-state index in [1.54, 1.807) is 30.6 Å². The number of hydrogen-bond donors (Lipinski definition) is 1. The van der Waals surface area contributed by atoms with Crippen LogP contribution in [0.2, 0.25) is 0 Å². The number of ether oxygens (including phenoxy) is 2. The molecule has 3 rings (SSSR count). The summed E-state index contributed by atoms with van der Waals surface area (Å²) in [7, 11) is 0. The maximum absolute atomic E-state index is 12.6. The Morgan fingerprint density at radius 1 is 1.11 bits per heavy atom. The molecular formula is C20H22N4O3S. The second-order valence-electron chi connectivity index (χ2n) is 6.29. The molecule has 0 aliphatic heterocycles. The molecule has 1 N–H and O–H groups in total. The fourth-order valence-corrected chi connectivity index (χ4v) is 3.11. The zero-order valence-corrected chi connectivity index (χ0v) is 16.8. The van der Waals surface area contributed by atoms with Crippen molar-refractivity contribution in [1.29, 1.82) is 0 Å². The van der Waals surface area contributed by atoms with Gasteiger partial charge < -0.3 is 9.47 Å². The van der Waals surface area contributed by atoms with Crippen molar-refractivity contribution < 1.29 is 14.3 Å². The van der Waals surface area contributed by atoms with Crippen molar-refractivity contribution in [3.8, 4) is 11.5 Å². The standard InChI is InChI=1S/C20H22N4O3S/c1-4-26-17-11-15(18(25)22-20-24-23-19(28-20)13(2)3)5-6-16(17)27-12-14-7-9-21-10-8-14/h5-11,13H,4,12H2,1-3H3,(H,22,24,25). The van der Waals surface area contributed by atoms with E-state index in [1.165, 1.54) is 11.3 Å². The van der Waals surface area contributed by atoms with Gasteiger partial charge in [-0.05, 0) is 42.8 Å². The molecule has 0 atom stereocenters. The molecule has 7 nitrogen and oxygen atoms in total. The van der Waals surface area contributed by atoms with Gasteiger partial charge in [0.05, 0.1) is 6.61 Å². The van der Waals surface area contributed by atoms with E-state index in [0.717, 1.165) is 10.6 Å². The molecule has 1 amide bonds. The van der Waals surface area contributed by atoms with Crippen LogP contribution >= 0.6 is 11.3 Å². The monoisotopic (exact) mass is 398 g/mol. The Morgan fingerprint density at radius 3 is 2.57 bits per heavy atom. The lowest BCUT2D eigenvalue weighted by Gasteiger charge is -2.13. The topological polar surface area (TPSA) is 86.2 Å². The molecule has 146 valence electrons. The van der Waals surface area contributed by atoms with Gasteiger partial charge in [0.1, 0.15) is 11.6 Å². The van der Waals surface area contributed by atoms with Gasteiger partial charge in [-0.3, -0.25) is 15.1 Å². The number of hydrogen-bond acceptors (Lipinski definition) is 7. The van der Waals surface area contributed by atoms with Gasteiger partial charge in [0, 0.05) is 23.9 Å². The molecule has 0 aliphatic rings. The number of benzene rings is 1. The molecule has 8 heteroatoms. The molecule has 0 fully saturated rings. The summed E-state index contributed by atoms with van der Waals surface area (Å²) < 4.78 is 11.5. The lowest BCUT2D eigenvalue weighted by Crippen LogP contribution is -2.12. The SMILES string of the molecule is CCOc1cc(C(=O)Nc2nnc(C(C)C)s2)ccc1OCc1ccncc1. The Hall–Kier alpha value is -3.00. The van der Waals surface area contributed by atoms with Gasteiger partial charge in [0.25, 0.3) is 5.91 Å². The highest BCUT2D eigenvalue weighted by molar-refractivity contribution is 7.15. The molecule has 2 heterocycles. The van der Waals surface area contributed by atoms with E-state index >= 15 is 0 Å². The van der Waals surface area contributed by atoms with E-state index in [-0.39, 0.29) is 11.8 Å². The fraction of sp³-hybridized carbons (Fsp3) is 0.300. The number of amides is 1. The van der Waals surface area contributed by atoms with Crippen molar-refractivity contribution in [2.24, 2.45) is 0 Å². The fourth-order valence-electron chi connectivity index (χ4n) is 2.36. The van der Waals surface area contributed by atoms with Crippen LogP contribution in [0.15, 0.2) is 42.7 Å². The summed E-state index contributed by atoms with van der Waals surface area (Å²) in [6.07, 6.45) is 3.43. The molecule has 28 heavy (non-hydrogen) atoms. The average molecular weight is 398 g/mol. The lowest BCUT2D eigenvalue weighted by molar-refractivity contribution is 0.102. The minimum absolute atomic E-state index is 0.268. The summed E-state index contributed by atoms with van der Waals surface area (Å²) in [4.78, 5) is 16.6. The van der Waals surface area contributed by atoms with E-state index < -0.39 is 0 Å². The van der Waals surface area contributed by atoms with E-state index in [9.17, 15) is 4.79 Å². The Kier molecular flexibility index (Phi) is 6.54. The zero-order valence-electron chi connectivity index (χ0n) is 16.0. The van der Waals surface area contributed by atoms with Crippen molar-refractivity contribution in [1.82, 2.24) is 15.2 Å². The predicted molar refractivity (Wildman–Crippen MR) is 108 cm³/mol. The third-order valence-corrected chi connectivity index (χ3v) is 4.94. The zero-order chi connectivity index (χ0) is 19.9. The summed E-state index contributed by atoms with van der Waals surface area (Å²) in [6, 6.07) is 8.88. The lowest BCUT2D eigenvalue weighted by atomic mass is 10.2. The first-order chi connectivity index (χ1) is 13.6. The number of aromatic nitrogens is 3. The number of carbonyl (C=O) groups is 1. The first-order valence-electron chi connectivity index (χ1n) is 9.00. The molecule has 0 bridgehead atoms. The molecule has 2 aromatic heterocycles. The van der Waals surface area contributed by atoms with Crippen molar-refractivity contribution in [3.05, 3.63) is 58.9 Å². The number of rotatable bonds is 8. The van der Waals surface area contributed by atoms with Crippen LogP contribution in [-0.2, 0) is 6.61 Å². The Balaban J connectivity index is 1.72. The quantitative estimate of drug-likeness (QED) is 0.609. The van der Waals surface area contributed by atoms with Crippen molar-refractivity contribution >= 4 is 22.4 Å². The highest BCUT2D eigenvalue weighted by Gasteiger charge is 2.15. The molecule has 0 aliphatic carbocycles. The second kappa shape index (κ2) is 9.27. The minimum Gasteiger partial charge on any atom is -0.490 e. The largest absolute Gasteiger partial charge is 0.490 e. The number of pyridine rings is 1. The maximum Gasteiger partial charge on any atom is 0.257 e. The van der Waals surface area contributed by atoms with E-state index in [4.69, 9.17) is 9.47 Å². The van der Waals surface area contributed by atoms with Crippen molar-refractivity contribution in [3.63, 3.8) is 0 Å². The number of nitrogens with one attached hydrogen (secondary N) is 1. The van der Waals surface area contributed by atoms with Gasteiger partial charge in [0.2, 0.25) is 5.13 Å². The van der Waals surface area contributed by atoms with E-state index in [0.29, 0.717) is 35.4 Å². The third-order valence-electron chi connectivity index (χ3n) is 3.80. The Morgan fingerprint density at radius 2 is 1.89 bits per heavy atom. The van der Waals surface area contributed by atoms with Crippen LogP contribution in [0, 0.1) is 0 Å². The van der Waals surface area contributed by atoms with E-state index in [1.807, 2.05) is 32.9 Å². The summed E-state index contributed by atoms with van der Waals surface area (Å²) in [5.41, 5.74) is 1.46. The van der Waals surface area contributed by atoms with Crippen molar-refractivity contribution in [2.45, 2.75) is 33.3 Å². The normalized spacial score (nSPS) is 10.7. The number of nitrogens with zero attached hydrogens (tertiary/aromatic N) is 3. The van der Waals surface area contributed by atoms with Gasteiger partial charge >= 0.3 is 0 Å². The minimum atomic E-state index is -0.270. The first-order valence-corrected chi connectivity index (χ1v) is 9.81. The van der Waals surface area contributed by atoms with Crippen LogP contribution in [0.1, 0.15) is 47.6 Å². The van der Waals surface area contributed by atoms with Gasteiger partial charge in [-0.2, -0.15) is 0 Å². The van der Waals surface area contributed by atoms with Crippen LogP contribution in [0.5, 0.6) is 11.5 Å². The molecular weight excluding hydrogens is 376 g/mol. The van der Waals surface area contributed by atoms with Gasteiger partial charge in [0.15, 0.2) is 11.5 Å². The molecule has 0 saturated heterocycles. The second-order valence-corrected chi connectivity index (χ2v) is 7.30. The summed E-state index contributed by atoms with van der Waals surface area (Å²) in [5.74, 6) is 1.09. The third kappa shape index (κ3) is 5.04. The van der Waals surface area contributed by atoms with Gasteiger partial charge in [-0.1, -0.05) is 25.2 Å². The van der Waals surface area contributed by atoms with Crippen LogP contribution in [0.3, 0.4) is 0 Å². The highest BCUT2D eigenvalue weighted by Crippen LogP contribution is 2.30. The van der Waals surface area contributed by atoms with E-state index in [2.05, 4.69) is 20.5 Å². The molecule has 0 saturated carbocycles. The molecule has 1 aromatic carbocycles. The number of carbonyl (C=O) groups excluding carboxylic acids is 1. The van der Waals surface area contributed by atoms with Crippen LogP contribution in [0.25, 0.3) is 0 Å². The van der Waals surface area contributed by atoms with Crippen molar-refractivity contribution in [2.75, 3.05) is 11.9 Å². The smallest absolute Gasteiger partial charge is 0.257 e. The first kappa shape index (κ1) is 19.8. The Bertz CT molecular complexity index is 928. The highest BCUT2D eigenvalue weighted by atomic mass is 32.1. The van der Waals surface area contributed by atoms with Crippen LogP contribution in [-0.4, -0.2) is 27.7 Å². The molecule has 3 aromatic rings. The van der Waals surface area contributed by atoms with Gasteiger partial charge in [-0.15, -0.1) is 10.2 Å². The summed E-state index contributed by atoms with van der Waals surface area (Å²) in [6.45, 7) is 6.80. The summed E-state index contributed by atoms with van der Waals surface area (Å²) >= 11 is 1.37. The van der Waals surface area contributed by atoms with Gasteiger partial charge in [-0.25, -0.2) is 0 Å². The van der Waals surface area contributed by atoms with Crippen LogP contribution in [0.4, 0.5) is 5.13 Å². The predicted octanol–water partition coefficient (Wildman–Crippen LogP) is 4.29. The Labute approximate surface area is 167 Å². The average Bonchev–Trinajstić information content (AvgIpc) is 3.17. The summed E-state index contributed by atoms with van der Waals surface area (Å²) in [5, 5.41) is 12.2. The molecule has 0 unspecified atom stereocenters. The maximum atomic E-state index is 12.6. The van der Waals surface area contributed by atoms with Crippen LogP contribution < -0.4 is 14.8 Å². The number of anilines is 1.